The molecule has 8 nitrogen and oxygen atoms in total. The molecule has 0 saturated heterocycles. The molecular formula is C20H14FN7OS. The minimum absolute atomic E-state index is 0.319. The summed E-state index contributed by atoms with van der Waals surface area (Å²) in [5.74, 6) is 0.0781. The number of nitrogens with zero attached hydrogens (tertiary/aromatic N) is 6. The van der Waals surface area contributed by atoms with Gasteiger partial charge >= 0.3 is 0 Å². The number of thioether (sulfide) groups is 1. The summed E-state index contributed by atoms with van der Waals surface area (Å²) >= 11 is 1.52. The average Bonchev–Trinajstić information content (AvgIpc) is 3.34. The molecule has 0 saturated carbocycles. The summed E-state index contributed by atoms with van der Waals surface area (Å²) in [7, 11) is 0. The Bertz CT molecular complexity index is 1390. The normalized spacial score (nSPS) is 11.3. The van der Waals surface area contributed by atoms with E-state index in [-0.39, 0.29) is 5.82 Å². The maximum atomic E-state index is 13.5. The Morgan fingerprint density at radius 1 is 1.00 bits per heavy atom. The van der Waals surface area contributed by atoms with Crippen LogP contribution in [0.3, 0.4) is 0 Å². The van der Waals surface area contributed by atoms with E-state index in [4.69, 9.17) is 4.98 Å². The number of nitrogens with one attached hydrogen (secondary N) is 1. The first-order valence-corrected chi connectivity index (χ1v) is 10.2. The van der Waals surface area contributed by atoms with Gasteiger partial charge in [0.2, 0.25) is 6.41 Å². The summed E-state index contributed by atoms with van der Waals surface area (Å²) in [5, 5.41) is 12.7. The average molecular weight is 419 g/mol. The van der Waals surface area contributed by atoms with Crippen molar-refractivity contribution in [3.63, 3.8) is 0 Å². The van der Waals surface area contributed by atoms with Crippen molar-refractivity contribution in [3.05, 3.63) is 60.5 Å². The van der Waals surface area contributed by atoms with Crippen LogP contribution in [0.25, 0.3) is 33.9 Å². The van der Waals surface area contributed by atoms with Gasteiger partial charge in [-0.25, -0.2) is 23.4 Å². The molecule has 0 atom stereocenters. The lowest BCUT2D eigenvalue weighted by atomic mass is 10.1. The van der Waals surface area contributed by atoms with Gasteiger partial charge in [0.15, 0.2) is 17.1 Å². The molecule has 10 heteroatoms. The van der Waals surface area contributed by atoms with E-state index in [1.54, 1.807) is 33.4 Å². The number of aromatic nitrogens is 6. The van der Waals surface area contributed by atoms with Gasteiger partial charge in [0.1, 0.15) is 27.9 Å². The molecule has 5 rings (SSSR count). The largest absolute Gasteiger partial charge is 0.312 e. The number of carbonyl (C=O) groups is 1. The highest BCUT2D eigenvalue weighted by molar-refractivity contribution is 7.98. The van der Waals surface area contributed by atoms with Gasteiger partial charge in [-0.15, -0.1) is 11.8 Å². The van der Waals surface area contributed by atoms with E-state index in [0.29, 0.717) is 40.6 Å². The van der Waals surface area contributed by atoms with Crippen LogP contribution < -0.4 is 5.32 Å². The van der Waals surface area contributed by atoms with Gasteiger partial charge in [0, 0.05) is 5.56 Å². The molecule has 4 aromatic heterocycles. The van der Waals surface area contributed by atoms with Crippen LogP contribution in [0.1, 0.15) is 0 Å². The van der Waals surface area contributed by atoms with Crippen LogP contribution in [0.15, 0.2) is 59.8 Å². The number of anilines is 1. The van der Waals surface area contributed by atoms with Gasteiger partial charge in [0.25, 0.3) is 0 Å². The van der Waals surface area contributed by atoms with E-state index >= 15 is 0 Å². The van der Waals surface area contributed by atoms with Crippen molar-refractivity contribution >= 4 is 35.3 Å². The molecule has 5 aromatic rings. The fraction of sp³-hybridized carbons (Fsp3) is 0.0500. The Labute approximate surface area is 173 Å². The fourth-order valence-electron chi connectivity index (χ4n) is 3.20. The molecule has 148 valence electrons. The van der Waals surface area contributed by atoms with Crippen LogP contribution in [0.5, 0.6) is 0 Å². The molecule has 0 unspecified atom stereocenters. The number of fused-ring (bicyclic) bond motifs is 2. The molecule has 0 bridgehead atoms. The van der Waals surface area contributed by atoms with Crippen LogP contribution in [-0.4, -0.2) is 41.9 Å². The lowest BCUT2D eigenvalue weighted by molar-refractivity contribution is -0.105. The number of benzene rings is 1. The Kier molecular flexibility index (Phi) is 4.40. The fourth-order valence-corrected chi connectivity index (χ4v) is 3.57. The number of amides is 1. The van der Waals surface area contributed by atoms with Crippen molar-refractivity contribution in [2.45, 2.75) is 5.03 Å². The standard InChI is InChI=1S/C20H14FN7OS/c1-30-18-9-8-17-24-19(12-2-4-13(21)5-3-12)20(28(17)26-18)14-6-7-16-23-15(22-11-29)10-27(16)25-14/h2-11H,1H3,(H,22,29). The maximum absolute atomic E-state index is 13.5. The molecule has 0 radical (unpaired) electrons. The van der Waals surface area contributed by atoms with Gasteiger partial charge in [-0.1, -0.05) is 0 Å². The third-order valence-electron chi connectivity index (χ3n) is 4.55. The maximum Gasteiger partial charge on any atom is 0.212 e. The second-order valence-electron chi connectivity index (χ2n) is 6.37. The smallest absolute Gasteiger partial charge is 0.212 e. The minimum Gasteiger partial charge on any atom is -0.312 e. The van der Waals surface area contributed by atoms with Gasteiger partial charge in [0.05, 0.1) is 6.20 Å². The van der Waals surface area contributed by atoms with E-state index in [9.17, 15) is 9.18 Å². The van der Waals surface area contributed by atoms with Gasteiger partial charge in [-0.2, -0.15) is 10.2 Å². The highest BCUT2D eigenvalue weighted by Gasteiger charge is 2.19. The zero-order valence-corrected chi connectivity index (χ0v) is 16.5. The first-order chi connectivity index (χ1) is 14.7. The minimum atomic E-state index is -0.319. The SMILES string of the molecule is CSc1ccc2nc(-c3ccc(F)cc3)c(-c3ccc4nc(NC=O)cn4n3)n2n1. The molecule has 0 fully saturated rings. The Morgan fingerprint density at radius 3 is 2.57 bits per heavy atom. The number of halogens is 1. The molecule has 0 aliphatic carbocycles. The zero-order valence-electron chi connectivity index (χ0n) is 15.7. The van der Waals surface area contributed by atoms with Crippen LogP contribution in [-0.2, 0) is 4.79 Å². The zero-order chi connectivity index (χ0) is 20.7. The summed E-state index contributed by atoms with van der Waals surface area (Å²) in [4.78, 5) is 19.7. The number of hydrogen-bond donors (Lipinski definition) is 1. The van der Waals surface area contributed by atoms with Crippen LogP contribution in [0.2, 0.25) is 0 Å². The number of hydrogen-bond acceptors (Lipinski definition) is 6. The van der Waals surface area contributed by atoms with Gasteiger partial charge in [-0.3, -0.25) is 4.79 Å². The molecule has 1 aromatic carbocycles. The summed E-state index contributed by atoms with van der Waals surface area (Å²) in [6.07, 6.45) is 4.13. The predicted molar refractivity (Wildman–Crippen MR) is 112 cm³/mol. The van der Waals surface area contributed by atoms with E-state index in [1.807, 2.05) is 24.5 Å². The summed E-state index contributed by atoms with van der Waals surface area (Å²) in [5.41, 5.74) is 3.90. The number of rotatable bonds is 5. The quantitative estimate of drug-likeness (QED) is 0.346. The van der Waals surface area contributed by atoms with Gasteiger partial charge in [-0.05, 0) is 54.8 Å². The monoisotopic (exact) mass is 419 g/mol. The molecule has 30 heavy (non-hydrogen) atoms. The van der Waals surface area contributed by atoms with Crippen molar-refractivity contribution in [2.75, 3.05) is 11.6 Å². The van der Waals surface area contributed by atoms with Crippen molar-refractivity contribution in [1.82, 2.24) is 29.2 Å². The van der Waals surface area contributed by atoms with Crippen LogP contribution in [0.4, 0.5) is 10.2 Å². The molecule has 0 aliphatic rings. The third-order valence-corrected chi connectivity index (χ3v) is 5.19. The predicted octanol–water partition coefficient (Wildman–Crippen LogP) is 3.54. The lowest BCUT2D eigenvalue weighted by Gasteiger charge is -2.06. The summed E-state index contributed by atoms with van der Waals surface area (Å²) in [6, 6.07) is 13.5. The molecule has 1 amide bonds. The highest BCUT2D eigenvalue weighted by Crippen LogP contribution is 2.32. The Balaban J connectivity index is 1.77. The molecule has 1 N–H and O–H groups in total. The molecule has 4 heterocycles. The number of carbonyl (C=O) groups excluding carboxylic acids is 1. The molecule has 0 spiro atoms. The van der Waals surface area contributed by atoms with E-state index in [2.05, 4.69) is 20.5 Å². The van der Waals surface area contributed by atoms with Crippen LogP contribution in [0, 0.1) is 5.82 Å². The molecular weight excluding hydrogens is 405 g/mol. The van der Waals surface area contributed by atoms with Crippen molar-refractivity contribution in [3.8, 4) is 22.6 Å². The summed E-state index contributed by atoms with van der Waals surface area (Å²) in [6.45, 7) is 0. The van der Waals surface area contributed by atoms with E-state index in [0.717, 1.165) is 10.6 Å². The first-order valence-electron chi connectivity index (χ1n) is 8.93. The summed E-state index contributed by atoms with van der Waals surface area (Å²) < 4.78 is 16.8. The third kappa shape index (κ3) is 3.07. The van der Waals surface area contributed by atoms with Crippen LogP contribution >= 0.6 is 11.8 Å². The van der Waals surface area contributed by atoms with E-state index < -0.39 is 0 Å². The van der Waals surface area contributed by atoms with Crippen molar-refractivity contribution in [1.29, 1.82) is 0 Å². The molecule has 0 aliphatic heterocycles. The van der Waals surface area contributed by atoms with E-state index in [1.165, 1.54) is 23.9 Å². The second kappa shape index (κ2) is 7.23. The second-order valence-corrected chi connectivity index (χ2v) is 7.20. The Hall–Kier alpha value is -3.79. The Morgan fingerprint density at radius 2 is 1.80 bits per heavy atom. The van der Waals surface area contributed by atoms with Crippen molar-refractivity contribution < 1.29 is 9.18 Å². The van der Waals surface area contributed by atoms with Gasteiger partial charge < -0.3 is 5.32 Å². The first kappa shape index (κ1) is 18.3. The van der Waals surface area contributed by atoms with Crippen molar-refractivity contribution in [2.24, 2.45) is 0 Å². The topological polar surface area (TPSA) is 89.5 Å². The highest BCUT2D eigenvalue weighted by atomic mass is 32.2. The lowest BCUT2D eigenvalue weighted by Crippen LogP contribution is -2.00. The number of imidazole rings is 2.